The van der Waals surface area contributed by atoms with E-state index in [1.165, 1.54) is 0 Å². The van der Waals surface area contributed by atoms with Gasteiger partial charge in [-0.3, -0.25) is 0 Å². The van der Waals surface area contributed by atoms with Gasteiger partial charge < -0.3 is 5.11 Å². The van der Waals surface area contributed by atoms with E-state index in [9.17, 15) is 4.79 Å². The molecule has 0 heterocycles. The Hall–Kier alpha value is -1.51. The van der Waals surface area contributed by atoms with Gasteiger partial charge in [0, 0.05) is 5.41 Å². The Labute approximate surface area is 99.8 Å². The van der Waals surface area contributed by atoms with Gasteiger partial charge in [0.15, 0.2) is 0 Å². The summed E-state index contributed by atoms with van der Waals surface area (Å²) in [6, 6.07) is 6.87. The second-order valence-electron chi connectivity index (χ2n) is 4.18. The van der Waals surface area contributed by atoms with Crippen LogP contribution >= 0.6 is 12.2 Å². The number of isothiocyanates is 1. The van der Waals surface area contributed by atoms with Gasteiger partial charge in [0.2, 0.25) is 0 Å². The Morgan fingerprint density at radius 2 is 2.25 bits per heavy atom. The van der Waals surface area contributed by atoms with Crippen LogP contribution < -0.4 is 0 Å². The molecule has 1 aromatic rings. The highest BCUT2D eigenvalue weighted by molar-refractivity contribution is 7.78. The van der Waals surface area contributed by atoms with E-state index in [-0.39, 0.29) is 11.0 Å². The largest absolute Gasteiger partial charge is 0.478 e. The van der Waals surface area contributed by atoms with Crippen molar-refractivity contribution >= 4 is 23.3 Å². The molecule has 0 spiro atoms. The van der Waals surface area contributed by atoms with E-state index in [1.807, 2.05) is 19.9 Å². The molecular formula is C12H13NO2S. The predicted octanol–water partition coefficient (Wildman–Crippen LogP) is 2.77. The molecule has 0 aliphatic rings. The lowest BCUT2D eigenvalue weighted by atomic mass is 9.84. The molecule has 0 saturated heterocycles. The number of carbonyl (C=O) groups is 1. The highest BCUT2D eigenvalue weighted by atomic mass is 32.1. The van der Waals surface area contributed by atoms with Crippen LogP contribution in [-0.4, -0.2) is 22.8 Å². The first-order chi connectivity index (χ1) is 7.47. The number of thiocarbonyl (C=S) groups is 1. The maximum atomic E-state index is 10.8. The van der Waals surface area contributed by atoms with Crippen molar-refractivity contribution in [3.8, 4) is 0 Å². The Morgan fingerprint density at radius 3 is 2.81 bits per heavy atom. The fourth-order valence-corrected chi connectivity index (χ4v) is 1.46. The molecule has 0 aromatic heterocycles. The van der Waals surface area contributed by atoms with Gasteiger partial charge in [0.1, 0.15) is 0 Å². The smallest absolute Gasteiger partial charge is 0.335 e. The van der Waals surface area contributed by atoms with Gasteiger partial charge >= 0.3 is 5.97 Å². The van der Waals surface area contributed by atoms with E-state index < -0.39 is 5.97 Å². The van der Waals surface area contributed by atoms with Crippen molar-refractivity contribution in [2.24, 2.45) is 4.99 Å². The zero-order chi connectivity index (χ0) is 12.2. The summed E-state index contributed by atoms with van der Waals surface area (Å²) in [5, 5.41) is 11.2. The van der Waals surface area contributed by atoms with Crippen LogP contribution in [0.5, 0.6) is 0 Å². The molecule has 0 aliphatic carbocycles. The zero-order valence-corrected chi connectivity index (χ0v) is 10.0. The maximum absolute atomic E-state index is 10.8. The van der Waals surface area contributed by atoms with Gasteiger partial charge in [0.05, 0.1) is 17.3 Å². The molecule has 84 valence electrons. The topological polar surface area (TPSA) is 49.7 Å². The molecule has 0 atom stereocenters. The second kappa shape index (κ2) is 5.01. The van der Waals surface area contributed by atoms with E-state index >= 15 is 0 Å². The van der Waals surface area contributed by atoms with Crippen molar-refractivity contribution in [1.29, 1.82) is 0 Å². The summed E-state index contributed by atoms with van der Waals surface area (Å²) in [4.78, 5) is 14.8. The Bertz CT molecular complexity index is 448. The van der Waals surface area contributed by atoms with Crippen LogP contribution in [0.15, 0.2) is 29.3 Å². The predicted molar refractivity (Wildman–Crippen MR) is 66.3 cm³/mol. The second-order valence-corrected chi connectivity index (χ2v) is 4.36. The third-order valence-corrected chi connectivity index (χ3v) is 2.56. The van der Waals surface area contributed by atoms with E-state index in [4.69, 9.17) is 5.11 Å². The number of benzene rings is 1. The molecule has 1 N–H and O–H groups in total. The van der Waals surface area contributed by atoms with Crippen LogP contribution in [0, 0.1) is 0 Å². The van der Waals surface area contributed by atoms with Crippen molar-refractivity contribution in [1.82, 2.24) is 0 Å². The summed E-state index contributed by atoms with van der Waals surface area (Å²) in [6.45, 7) is 4.48. The third-order valence-electron chi connectivity index (χ3n) is 2.43. The average Bonchev–Trinajstić information content (AvgIpc) is 2.26. The lowest BCUT2D eigenvalue weighted by molar-refractivity contribution is 0.0696. The molecule has 0 aliphatic heterocycles. The maximum Gasteiger partial charge on any atom is 0.335 e. The van der Waals surface area contributed by atoms with Crippen LogP contribution in [0.25, 0.3) is 0 Å². The molecule has 0 bridgehead atoms. The molecule has 1 aromatic carbocycles. The Balaban J connectivity index is 3.07. The molecule has 4 heteroatoms. The number of carboxylic acids is 1. The number of aliphatic imine (C=N–C) groups is 1. The fourth-order valence-electron chi connectivity index (χ4n) is 1.39. The summed E-state index contributed by atoms with van der Waals surface area (Å²) in [5.41, 5.74) is 0.982. The minimum Gasteiger partial charge on any atom is -0.478 e. The van der Waals surface area contributed by atoms with Gasteiger partial charge in [-0.1, -0.05) is 26.0 Å². The number of carboxylic acid groups (broad SMARTS) is 1. The summed E-state index contributed by atoms with van der Waals surface area (Å²) in [5.74, 6) is -0.920. The molecular weight excluding hydrogens is 222 g/mol. The first-order valence-corrected chi connectivity index (χ1v) is 5.25. The quantitative estimate of drug-likeness (QED) is 0.645. The first kappa shape index (κ1) is 12.6. The highest BCUT2D eigenvalue weighted by Crippen LogP contribution is 2.24. The molecule has 0 unspecified atom stereocenters. The highest BCUT2D eigenvalue weighted by Gasteiger charge is 2.21. The van der Waals surface area contributed by atoms with Gasteiger partial charge in [0.25, 0.3) is 0 Å². The fraction of sp³-hybridized carbons (Fsp3) is 0.333. The number of hydrogen-bond donors (Lipinski definition) is 1. The molecule has 1 rings (SSSR count). The lowest BCUT2D eigenvalue weighted by Crippen LogP contribution is -2.21. The normalized spacial score (nSPS) is 10.6. The summed E-state index contributed by atoms with van der Waals surface area (Å²) in [6.07, 6.45) is 0. The molecule has 3 nitrogen and oxygen atoms in total. The van der Waals surface area contributed by atoms with Crippen molar-refractivity contribution in [3.05, 3.63) is 35.4 Å². The SMILES string of the molecule is CC(C)(CN=C=S)c1cccc(C(=O)O)c1. The third kappa shape index (κ3) is 2.99. The van der Waals surface area contributed by atoms with E-state index in [2.05, 4.69) is 22.4 Å². The van der Waals surface area contributed by atoms with Crippen molar-refractivity contribution in [3.63, 3.8) is 0 Å². The van der Waals surface area contributed by atoms with Crippen molar-refractivity contribution in [2.45, 2.75) is 19.3 Å². The van der Waals surface area contributed by atoms with Crippen LogP contribution in [0.2, 0.25) is 0 Å². The van der Waals surface area contributed by atoms with Crippen molar-refractivity contribution < 1.29 is 9.90 Å². The zero-order valence-electron chi connectivity index (χ0n) is 9.23. The molecule has 16 heavy (non-hydrogen) atoms. The van der Waals surface area contributed by atoms with Gasteiger partial charge in [-0.2, -0.15) is 0 Å². The minimum atomic E-state index is -0.920. The van der Waals surface area contributed by atoms with Crippen molar-refractivity contribution in [2.75, 3.05) is 6.54 Å². The van der Waals surface area contributed by atoms with E-state index in [0.717, 1.165) is 5.56 Å². The van der Waals surface area contributed by atoms with Gasteiger partial charge in [-0.25, -0.2) is 9.79 Å². The molecule has 0 amide bonds. The van der Waals surface area contributed by atoms with E-state index in [0.29, 0.717) is 6.54 Å². The van der Waals surface area contributed by atoms with Gasteiger partial charge in [-0.15, -0.1) is 0 Å². The number of nitrogens with zero attached hydrogens (tertiary/aromatic N) is 1. The van der Waals surface area contributed by atoms with Crippen LogP contribution in [0.4, 0.5) is 0 Å². The van der Waals surface area contributed by atoms with Crippen LogP contribution in [0.1, 0.15) is 29.8 Å². The number of hydrogen-bond acceptors (Lipinski definition) is 3. The molecule has 0 radical (unpaired) electrons. The average molecular weight is 235 g/mol. The van der Waals surface area contributed by atoms with Crippen LogP contribution in [0.3, 0.4) is 0 Å². The molecule has 0 fully saturated rings. The Morgan fingerprint density at radius 1 is 1.56 bits per heavy atom. The summed E-state index contributed by atoms with van der Waals surface area (Å²) in [7, 11) is 0. The van der Waals surface area contributed by atoms with Crippen LogP contribution in [-0.2, 0) is 5.41 Å². The molecule has 0 saturated carbocycles. The summed E-state index contributed by atoms with van der Waals surface area (Å²) >= 11 is 4.53. The number of aromatic carboxylic acids is 1. The van der Waals surface area contributed by atoms with E-state index in [1.54, 1.807) is 18.2 Å². The minimum absolute atomic E-state index is 0.239. The lowest BCUT2D eigenvalue weighted by Gasteiger charge is -2.22. The van der Waals surface area contributed by atoms with Gasteiger partial charge in [-0.05, 0) is 29.9 Å². The monoisotopic (exact) mass is 235 g/mol. The number of rotatable bonds is 4. The standard InChI is InChI=1S/C12H13NO2S/c1-12(2,7-13-8-16)10-5-3-4-9(6-10)11(14)15/h3-6H,7H2,1-2H3,(H,14,15). The first-order valence-electron chi connectivity index (χ1n) is 4.85. The summed E-state index contributed by atoms with van der Waals surface area (Å²) < 4.78 is 0. The Kier molecular flexibility index (Phi) is 3.93.